The molecule has 0 saturated carbocycles. The monoisotopic (exact) mass is 219 g/mol. The van der Waals surface area contributed by atoms with Crippen LogP contribution in [0.3, 0.4) is 0 Å². The molecular formula is C9H14ClNOS. The molecule has 13 heavy (non-hydrogen) atoms. The molecule has 74 valence electrons. The quantitative estimate of drug-likeness (QED) is 0.755. The molecule has 4 heteroatoms. The molecule has 0 aliphatic rings. The number of thiazole rings is 1. The summed E-state index contributed by atoms with van der Waals surface area (Å²) in [6.45, 7) is 5.09. The van der Waals surface area contributed by atoms with E-state index < -0.39 is 0 Å². The van der Waals surface area contributed by atoms with Gasteiger partial charge >= 0.3 is 0 Å². The summed E-state index contributed by atoms with van der Waals surface area (Å²) in [5, 5.41) is 2.97. The highest BCUT2D eigenvalue weighted by Gasteiger charge is 2.04. The van der Waals surface area contributed by atoms with Crippen molar-refractivity contribution in [2.75, 3.05) is 6.61 Å². The highest BCUT2D eigenvalue weighted by atomic mass is 35.5. The first-order valence-electron chi connectivity index (χ1n) is 4.46. The van der Waals surface area contributed by atoms with E-state index in [0.29, 0.717) is 16.3 Å². The minimum absolute atomic E-state index is 0.517. The lowest BCUT2D eigenvalue weighted by atomic mass is 10.1. The van der Waals surface area contributed by atoms with Crippen molar-refractivity contribution in [2.45, 2.75) is 26.7 Å². The molecule has 0 aromatic carbocycles. The first kappa shape index (κ1) is 10.8. The largest absolute Gasteiger partial charge is 0.470 e. The van der Waals surface area contributed by atoms with Crippen LogP contribution < -0.4 is 4.74 Å². The van der Waals surface area contributed by atoms with E-state index in [-0.39, 0.29) is 0 Å². The normalized spacial score (nSPS) is 12.8. The SMILES string of the molecule is CCCC(C)COc1nc(Cl)cs1. The number of hydrogen-bond acceptors (Lipinski definition) is 3. The van der Waals surface area contributed by atoms with Crippen molar-refractivity contribution in [2.24, 2.45) is 5.92 Å². The van der Waals surface area contributed by atoms with Crippen LogP contribution in [0.5, 0.6) is 5.19 Å². The lowest BCUT2D eigenvalue weighted by molar-refractivity contribution is 0.250. The molecule has 1 rings (SSSR count). The number of aromatic nitrogens is 1. The number of halogens is 1. The molecule has 0 N–H and O–H groups in total. The molecule has 0 aliphatic heterocycles. The van der Waals surface area contributed by atoms with Gasteiger partial charge in [-0.25, -0.2) is 0 Å². The van der Waals surface area contributed by atoms with Crippen LogP contribution in [0.2, 0.25) is 5.15 Å². The van der Waals surface area contributed by atoms with Crippen molar-refractivity contribution in [1.82, 2.24) is 4.98 Å². The average molecular weight is 220 g/mol. The minimum Gasteiger partial charge on any atom is -0.470 e. The molecule has 1 atom stereocenters. The molecule has 0 radical (unpaired) electrons. The summed E-state index contributed by atoms with van der Waals surface area (Å²) in [6.07, 6.45) is 2.39. The van der Waals surface area contributed by atoms with Crippen LogP contribution in [-0.4, -0.2) is 11.6 Å². The zero-order valence-corrected chi connectivity index (χ0v) is 9.49. The van der Waals surface area contributed by atoms with Crippen molar-refractivity contribution in [3.8, 4) is 5.19 Å². The molecule has 0 bridgehead atoms. The molecule has 1 aromatic rings. The number of nitrogens with zero attached hydrogens (tertiary/aromatic N) is 1. The number of hydrogen-bond donors (Lipinski definition) is 0. The lowest BCUT2D eigenvalue weighted by Gasteiger charge is -2.09. The molecule has 1 heterocycles. The highest BCUT2D eigenvalue weighted by molar-refractivity contribution is 7.11. The molecule has 0 saturated heterocycles. The number of rotatable bonds is 5. The van der Waals surface area contributed by atoms with E-state index in [1.165, 1.54) is 24.2 Å². The molecule has 0 fully saturated rings. The molecule has 1 aromatic heterocycles. The summed E-state index contributed by atoms with van der Waals surface area (Å²) in [7, 11) is 0. The Morgan fingerprint density at radius 3 is 3.00 bits per heavy atom. The predicted molar refractivity (Wildman–Crippen MR) is 56.7 cm³/mol. The number of ether oxygens (including phenoxy) is 1. The fourth-order valence-electron chi connectivity index (χ4n) is 1.09. The predicted octanol–water partition coefficient (Wildman–Crippen LogP) is 3.61. The summed E-state index contributed by atoms with van der Waals surface area (Å²) in [4.78, 5) is 4.00. The molecule has 0 aliphatic carbocycles. The maximum absolute atomic E-state index is 5.66. The van der Waals surface area contributed by atoms with Gasteiger partial charge in [0.2, 0.25) is 0 Å². The van der Waals surface area contributed by atoms with Gasteiger partial charge in [-0.15, -0.1) is 0 Å². The first-order valence-corrected chi connectivity index (χ1v) is 5.72. The third kappa shape index (κ3) is 3.96. The summed E-state index contributed by atoms with van der Waals surface area (Å²) in [5.74, 6) is 0.590. The van der Waals surface area contributed by atoms with Crippen molar-refractivity contribution in [3.05, 3.63) is 10.5 Å². The Morgan fingerprint density at radius 1 is 1.69 bits per heavy atom. The molecule has 1 unspecified atom stereocenters. The Kier molecular flexibility index (Phi) is 4.53. The molecule has 0 spiro atoms. The van der Waals surface area contributed by atoms with Crippen molar-refractivity contribution < 1.29 is 4.74 Å². The lowest BCUT2D eigenvalue weighted by Crippen LogP contribution is -2.07. The second-order valence-electron chi connectivity index (χ2n) is 3.14. The van der Waals surface area contributed by atoms with E-state index in [1.807, 2.05) is 0 Å². The molecule has 0 amide bonds. The Bertz CT molecular complexity index is 252. The van der Waals surface area contributed by atoms with Gasteiger partial charge in [0.15, 0.2) is 0 Å². The van der Waals surface area contributed by atoms with Crippen LogP contribution in [0.15, 0.2) is 5.38 Å². The van der Waals surface area contributed by atoms with Gasteiger partial charge in [0.05, 0.1) is 6.61 Å². The van der Waals surface area contributed by atoms with Gasteiger partial charge in [-0.05, 0) is 12.3 Å². The fraction of sp³-hybridized carbons (Fsp3) is 0.667. The second kappa shape index (κ2) is 5.45. The average Bonchev–Trinajstić information content (AvgIpc) is 2.49. The second-order valence-corrected chi connectivity index (χ2v) is 4.35. The zero-order chi connectivity index (χ0) is 9.68. The van der Waals surface area contributed by atoms with E-state index >= 15 is 0 Å². The summed E-state index contributed by atoms with van der Waals surface area (Å²) in [5.41, 5.74) is 0. The van der Waals surface area contributed by atoms with Gasteiger partial charge in [-0.3, -0.25) is 0 Å². The summed E-state index contributed by atoms with van der Waals surface area (Å²) >= 11 is 7.10. The van der Waals surface area contributed by atoms with Crippen LogP contribution in [0, 0.1) is 5.92 Å². The highest BCUT2D eigenvalue weighted by Crippen LogP contribution is 2.22. The summed E-state index contributed by atoms with van der Waals surface area (Å²) < 4.78 is 5.46. The van der Waals surface area contributed by atoms with Gasteiger partial charge < -0.3 is 4.74 Å². The van der Waals surface area contributed by atoms with E-state index in [4.69, 9.17) is 16.3 Å². The van der Waals surface area contributed by atoms with E-state index in [1.54, 1.807) is 5.38 Å². The van der Waals surface area contributed by atoms with E-state index in [2.05, 4.69) is 18.8 Å². The first-order chi connectivity index (χ1) is 6.22. The summed E-state index contributed by atoms with van der Waals surface area (Å²) in [6, 6.07) is 0. The van der Waals surface area contributed by atoms with E-state index in [9.17, 15) is 0 Å². The third-order valence-electron chi connectivity index (χ3n) is 1.73. The Morgan fingerprint density at radius 2 is 2.46 bits per heavy atom. The van der Waals surface area contributed by atoms with Gasteiger partial charge in [-0.1, -0.05) is 43.2 Å². The zero-order valence-electron chi connectivity index (χ0n) is 7.92. The Labute approximate surface area is 87.9 Å². The Balaban J connectivity index is 2.26. The van der Waals surface area contributed by atoms with Crippen molar-refractivity contribution in [1.29, 1.82) is 0 Å². The minimum atomic E-state index is 0.517. The molecule has 2 nitrogen and oxygen atoms in total. The van der Waals surface area contributed by atoms with Crippen LogP contribution in [0.1, 0.15) is 26.7 Å². The van der Waals surface area contributed by atoms with Crippen molar-refractivity contribution in [3.63, 3.8) is 0 Å². The Hall–Kier alpha value is -0.280. The van der Waals surface area contributed by atoms with Crippen LogP contribution in [0.4, 0.5) is 0 Å². The standard InChI is InChI=1S/C9H14ClNOS/c1-3-4-7(2)5-12-9-11-8(10)6-13-9/h6-7H,3-5H2,1-2H3. The van der Waals surface area contributed by atoms with Gasteiger partial charge in [0.25, 0.3) is 5.19 Å². The van der Waals surface area contributed by atoms with Crippen LogP contribution in [-0.2, 0) is 0 Å². The molecular weight excluding hydrogens is 206 g/mol. The fourth-order valence-corrected chi connectivity index (χ4v) is 1.89. The smallest absolute Gasteiger partial charge is 0.274 e. The van der Waals surface area contributed by atoms with Gasteiger partial charge in [0.1, 0.15) is 5.15 Å². The maximum Gasteiger partial charge on any atom is 0.274 e. The van der Waals surface area contributed by atoms with E-state index in [0.717, 1.165) is 6.61 Å². The van der Waals surface area contributed by atoms with Crippen LogP contribution >= 0.6 is 22.9 Å². The van der Waals surface area contributed by atoms with Gasteiger partial charge in [-0.2, -0.15) is 4.98 Å². The topological polar surface area (TPSA) is 22.1 Å². The van der Waals surface area contributed by atoms with Gasteiger partial charge in [0, 0.05) is 5.38 Å². The van der Waals surface area contributed by atoms with Crippen LogP contribution in [0.25, 0.3) is 0 Å². The third-order valence-corrected chi connectivity index (χ3v) is 2.80. The maximum atomic E-state index is 5.66. The van der Waals surface area contributed by atoms with Crippen molar-refractivity contribution >= 4 is 22.9 Å².